The number of aliphatic hydroxyl groups excluding tert-OH is 1. The van der Waals surface area contributed by atoms with Crippen LogP contribution in [-0.2, 0) is 4.74 Å². The fourth-order valence-corrected chi connectivity index (χ4v) is 21.2. The van der Waals surface area contributed by atoms with E-state index in [0.29, 0.717) is 5.41 Å². The van der Waals surface area contributed by atoms with Crippen molar-refractivity contribution in [1.29, 1.82) is 0 Å². The number of hydrogen-bond acceptors (Lipinski definition) is 2. The summed E-state index contributed by atoms with van der Waals surface area (Å²) in [5, 5.41) is 10.5. The summed E-state index contributed by atoms with van der Waals surface area (Å²) in [4.78, 5) is 0. The molecule has 0 saturated heterocycles. The number of aliphatic hydroxyl groups is 1. The number of fused-ring (bicyclic) bond motifs is 4. The van der Waals surface area contributed by atoms with Crippen molar-refractivity contribution in [3.63, 3.8) is 0 Å². The molecule has 250 valence electrons. The van der Waals surface area contributed by atoms with Crippen LogP contribution in [0.5, 0.6) is 0 Å². The highest BCUT2D eigenvalue weighted by Crippen LogP contribution is 2.87. The molecule has 13 aliphatic rings. The minimum atomic E-state index is -0.560. The molecule has 0 aromatic rings. The number of methoxy groups -OCH3 is 1. The van der Waals surface area contributed by atoms with Crippen molar-refractivity contribution in [3.05, 3.63) is 11.1 Å². The van der Waals surface area contributed by atoms with Gasteiger partial charge in [-0.2, -0.15) is 0 Å². The SMILES string of the molecule is COC(O)CCCC1(C2CCCCC2)C2C3=C4C5C6C(C3)CC(C[C@@H]3CC7CC8C[C@@H]9CC(C4C4C5C5CC3C7C5C8C49)C21)C6C. The molecule has 13 rings (SSSR count). The Morgan fingerprint density at radius 1 is 0.696 bits per heavy atom. The summed E-state index contributed by atoms with van der Waals surface area (Å²) >= 11 is 0. The molecule has 0 heterocycles. The van der Waals surface area contributed by atoms with Crippen LogP contribution in [0.3, 0.4) is 0 Å². The maximum absolute atomic E-state index is 10.5. The lowest BCUT2D eigenvalue weighted by Gasteiger charge is -2.57. The second kappa shape index (κ2) is 8.93. The second-order valence-electron chi connectivity index (χ2n) is 21.4. The summed E-state index contributed by atoms with van der Waals surface area (Å²) in [6.07, 6.45) is 23.5. The molecule has 23 atom stereocenters. The Kier molecular flexibility index (Phi) is 5.32. The molecule has 0 amide bonds. The van der Waals surface area contributed by atoms with Crippen LogP contribution in [0.4, 0.5) is 0 Å². The van der Waals surface area contributed by atoms with E-state index >= 15 is 0 Å². The smallest absolute Gasteiger partial charge is 0.154 e. The molecule has 0 aliphatic heterocycles. The van der Waals surface area contributed by atoms with E-state index in [1.165, 1.54) is 56.8 Å². The maximum Gasteiger partial charge on any atom is 0.154 e. The highest BCUT2D eigenvalue weighted by Gasteiger charge is 2.81. The van der Waals surface area contributed by atoms with Gasteiger partial charge in [-0.25, -0.2) is 0 Å². The van der Waals surface area contributed by atoms with Gasteiger partial charge in [0.05, 0.1) is 0 Å². The van der Waals surface area contributed by atoms with Gasteiger partial charge in [-0.1, -0.05) is 37.3 Å². The number of hydrogen-bond donors (Lipinski definition) is 1. The first-order valence-corrected chi connectivity index (χ1v) is 21.5. The first-order chi connectivity index (χ1) is 22.6. The predicted molar refractivity (Wildman–Crippen MR) is 179 cm³/mol. The third kappa shape index (κ3) is 2.93. The van der Waals surface area contributed by atoms with E-state index in [2.05, 4.69) is 18.1 Å². The molecule has 1 N–H and O–H groups in total. The summed E-state index contributed by atoms with van der Waals surface area (Å²) in [5.41, 5.74) is 5.02. The molecule has 11 saturated carbocycles. The largest absolute Gasteiger partial charge is 0.368 e. The van der Waals surface area contributed by atoms with Crippen molar-refractivity contribution in [2.75, 3.05) is 7.11 Å². The van der Waals surface area contributed by atoms with Crippen LogP contribution in [-0.4, -0.2) is 18.5 Å². The van der Waals surface area contributed by atoms with Crippen LogP contribution in [0.25, 0.3) is 0 Å². The van der Waals surface area contributed by atoms with E-state index in [9.17, 15) is 5.11 Å². The van der Waals surface area contributed by atoms with Crippen molar-refractivity contribution in [3.8, 4) is 0 Å². The van der Waals surface area contributed by atoms with Crippen LogP contribution in [0.2, 0.25) is 0 Å². The van der Waals surface area contributed by atoms with Crippen molar-refractivity contribution < 1.29 is 9.84 Å². The fraction of sp³-hybridized carbons (Fsp3) is 0.955. The fourth-order valence-electron chi connectivity index (χ4n) is 21.2. The molecule has 21 unspecified atom stereocenters. The summed E-state index contributed by atoms with van der Waals surface area (Å²) in [6, 6.07) is 0. The third-order valence-electron chi connectivity index (χ3n) is 21.2. The molecule has 0 radical (unpaired) electrons. The van der Waals surface area contributed by atoms with Gasteiger partial charge in [0.2, 0.25) is 0 Å². The number of allylic oxidation sites excluding steroid dienone is 2. The molecular weight excluding hydrogens is 560 g/mol. The monoisotopic (exact) mass is 622 g/mol. The molecule has 0 aromatic carbocycles. The summed E-state index contributed by atoms with van der Waals surface area (Å²) < 4.78 is 5.41. The van der Waals surface area contributed by atoms with E-state index in [1.54, 1.807) is 58.5 Å². The van der Waals surface area contributed by atoms with Gasteiger partial charge in [-0.3, -0.25) is 0 Å². The molecule has 0 aromatic heterocycles. The topological polar surface area (TPSA) is 29.5 Å². The number of ether oxygens (including phenoxy) is 1. The van der Waals surface area contributed by atoms with E-state index in [1.807, 2.05) is 0 Å². The van der Waals surface area contributed by atoms with Gasteiger partial charge >= 0.3 is 0 Å². The predicted octanol–water partition coefficient (Wildman–Crippen LogP) is 9.23. The number of rotatable bonds is 6. The van der Waals surface area contributed by atoms with Gasteiger partial charge in [-0.05, 0) is 219 Å². The van der Waals surface area contributed by atoms with Gasteiger partial charge in [0.25, 0.3) is 0 Å². The Labute approximate surface area is 279 Å². The average Bonchev–Trinajstić information content (AvgIpc) is 3.56. The van der Waals surface area contributed by atoms with Crippen LogP contribution >= 0.6 is 0 Å². The molecule has 46 heavy (non-hydrogen) atoms. The van der Waals surface area contributed by atoms with Gasteiger partial charge in [0, 0.05) is 7.11 Å². The van der Waals surface area contributed by atoms with Crippen molar-refractivity contribution in [1.82, 2.24) is 0 Å². The maximum atomic E-state index is 10.5. The van der Waals surface area contributed by atoms with Gasteiger partial charge in [0.1, 0.15) is 0 Å². The van der Waals surface area contributed by atoms with E-state index in [4.69, 9.17) is 4.74 Å². The van der Waals surface area contributed by atoms with Crippen LogP contribution in [0.1, 0.15) is 110 Å². The lowest BCUT2D eigenvalue weighted by molar-refractivity contribution is -0.104. The Balaban J connectivity index is 1.01. The molecule has 13 aliphatic carbocycles. The molecular formula is C44H62O2. The Morgan fingerprint density at radius 3 is 2.28 bits per heavy atom. The average molecular weight is 623 g/mol. The lowest BCUT2D eigenvalue weighted by Crippen LogP contribution is -2.53. The van der Waals surface area contributed by atoms with Gasteiger partial charge < -0.3 is 9.84 Å². The first-order valence-electron chi connectivity index (χ1n) is 21.5. The lowest BCUT2D eigenvalue weighted by atomic mass is 9.47. The molecule has 4 bridgehead atoms. The van der Waals surface area contributed by atoms with Crippen LogP contribution in [0.15, 0.2) is 11.1 Å². The summed E-state index contributed by atoms with van der Waals surface area (Å²) in [5.74, 6) is 23.7. The van der Waals surface area contributed by atoms with E-state index < -0.39 is 6.29 Å². The Hall–Kier alpha value is -0.340. The zero-order valence-corrected chi connectivity index (χ0v) is 28.9. The first kappa shape index (κ1) is 27.4. The zero-order chi connectivity index (χ0) is 30.0. The quantitative estimate of drug-likeness (QED) is 0.236. The van der Waals surface area contributed by atoms with Crippen molar-refractivity contribution in [2.45, 2.75) is 116 Å². The normalized spacial score (nSPS) is 65.4. The Morgan fingerprint density at radius 2 is 1.43 bits per heavy atom. The highest BCUT2D eigenvalue weighted by atomic mass is 16.6. The standard InChI is InChI=1S/C44H62O2/c1-19-20-11-21-13-22-14-23-15-25-17-30-39-38-29(42-43(30)44(42,10-6-9-31(45)46-2)26-7-4-3-5-8-26)16-24(12-20)32(19)40(38)37-28-18-27(21)33(22)36(28)34(23)35(25)41(37)39/h19-28,30-37,39-43,45H,3-18H2,1-2H3/t19?,20?,21-,22?,23?,24?,25-,27?,28?,30?,31?,32?,33?,34?,35?,36?,37?,39?,40?,41?,42?,43?,44?/m1/s1. The third-order valence-corrected chi connectivity index (χ3v) is 21.2. The summed E-state index contributed by atoms with van der Waals surface area (Å²) in [7, 11) is 1.71. The van der Waals surface area contributed by atoms with Crippen molar-refractivity contribution in [2.24, 2.45) is 136 Å². The molecule has 0 spiro atoms. The van der Waals surface area contributed by atoms with E-state index in [-0.39, 0.29) is 0 Å². The molecule has 2 nitrogen and oxygen atoms in total. The zero-order valence-electron chi connectivity index (χ0n) is 28.9. The van der Waals surface area contributed by atoms with Crippen molar-refractivity contribution >= 4 is 0 Å². The van der Waals surface area contributed by atoms with Gasteiger partial charge in [-0.15, -0.1) is 0 Å². The summed E-state index contributed by atoms with van der Waals surface area (Å²) in [6.45, 7) is 2.83. The van der Waals surface area contributed by atoms with Crippen LogP contribution < -0.4 is 0 Å². The second-order valence-corrected chi connectivity index (χ2v) is 21.4. The molecule has 2 heteroatoms. The van der Waals surface area contributed by atoms with Crippen LogP contribution in [0, 0.1) is 136 Å². The highest BCUT2D eigenvalue weighted by molar-refractivity contribution is 5.47. The minimum Gasteiger partial charge on any atom is -0.368 e. The molecule has 11 fully saturated rings. The Bertz CT molecular complexity index is 1380. The minimum absolute atomic E-state index is 0.560. The van der Waals surface area contributed by atoms with E-state index in [0.717, 1.165) is 125 Å². The van der Waals surface area contributed by atoms with Gasteiger partial charge in [0.15, 0.2) is 6.29 Å².